The lowest BCUT2D eigenvalue weighted by atomic mass is 10.2. The first-order valence-electron chi connectivity index (χ1n) is 9.35. The van der Waals surface area contributed by atoms with Gasteiger partial charge in [0.1, 0.15) is 5.69 Å². The third-order valence-electron chi connectivity index (χ3n) is 5.00. The van der Waals surface area contributed by atoms with Gasteiger partial charge in [0.2, 0.25) is 0 Å². The molecule has 0 radical (unpaired) electrons. The van der Waals surface area contributed by atoms with E-state index in [9.17, 15) is 14.9 Å². The predicted molar refractivity (Wildman–Crippen MR) is 111 cm³/mol. The Labute approximate surface area is 164 Å². The number of carbonyl (C=O) groups is 1. The third kappa shape index (κ3) is 4.33. The zero-order valence-corrected chi connectivity index (χ0v) is 16.2. The fourth-order valence-corrected chi connectivity index (χ4v) is 3.24. The van der Waals surface area contributed by atoms with Gasteiger partial charge in [-0.1, -0.05) is 18.2 Å². The number of nitrogens with one attached hydrogen (secondary N) is 1. The standard InChI is InChI=1S/C20H25N5O3/c1-3-22(2)17-8-6-7-16(15-17)21-20(26)24-13-11-23(12-14-24)18-9-4-5-10-19(18)25(27)28/h4-10,15H,3,11-14H2,1-2H3,(H,21,26). The molecule has 0 aromatic heterocycles. The first kappa shape index (κ1) is 19.5. The topological polar surface area (TPSA) is 82.0 Å². The quantitative estimate of drug-likeness (QED) is 0.632. The number of amides is 2. The second-order valence-electron chi connectivity index (χ2n) is 6.71. The van der Waals surface area contributed by atoms with Gasteiger partial charge in [-0.05, 0) is 31.2 Å². The Morgan fingerprint density at radius 1 is 1.14 bits per heavy atom. The van der Waals surface area contributed by atoms with Crippen molar-refractivity contribution in [2.24, 2.45) is 0 Å². The predicted octanol–water partition coefficient (Wildman–Crippen LogP) is 3.41. The minimum Gasteiger partial charge on any atom is -0.375 e. The van der Waals surface area contributed by atoms with Crippen LogP contribution < -0.4 is 15.1 Å². The van der Waals surface area contributed by atoms with E-state index in [1.165, 1.54) is 6.07 Å². The van der Waals surface area contributed by atoms with Gasteiger partial charge >= 0.3 is 6.03 Å². The van der Waals surface area contributed by atoms with Crippen molar-refractivity contribution < 1.29 is 9.72 Å². The van der Waals surface area contributed by atoms with Crippen LogP contribution in [0.1, 0.15) is 6.92 Å². The van der Waals surface area contributed by atoms with Crippen molar-refractivity contribution in [1.82, 2.24) is 4.90 Å². The normalized spacial score (nSPS) is 13.9. The van der Waals surface area contributed by atoms with Crippen LogP contribution in [0.4, 0.5) is 27.5 Å². The molecular formula is C20H25N5O3. The van der Waals surface area contributed by atoms with Crippen LogP contribution in [-0.4, -0.2) is 55.6 Å². The van der Waals surface area contributed by atoms with Crippen LogP contribution in [0.5, 0.6) is 0 Å². The van der Waals surface area contributed by atoms with Gasteiger partial charge in [0.05, 0.1) is 4.92 Å². The zero-order chi connectivity index (χ0) is 20.1. The monoisotopic (exact) mass is 383 g/mol. The molecular weight excluding hydrogens is 358 g/mol. The number of urea groups is 1. The molecule has 0 atom stereocenters. The number of para-hydroxylation sites is 2. The molecule has 1 saturated heterocycles. The molecule has 3 rings (SSSR count). The smallest absolute Gasteiger partial charge is 0.321 e. The van der Waals surface area contributed by atoms with Gasteiger partial charge in [-0.2, -0.15) is 0 Å². The maximum Gasteiger partial charge on any atom is 0.321 e. The van der Waals surface area contributed by atoms with Gasteiger partial charge in [-0.15, -0.1) is 0 Å². The van der Waals surface area contributed by atoms with E-state index in [4.69, 9.17) is 0 Å². The van der Waals surface area contributed by atoms with E-state index < -0.39 is 0 Å². The summed E-state index contributed by atoms with van der Waals surface area (Å²) in [5, 5.41) is 14.2. The molecule has 0 bridgehead atoms. The van der Waals surface area contributed by atoms with Crippen molar-refractivity contribution in [2.45, 2.75) is 6.92 Å². The van der Waals surface area contributed by atoms with Crippen LogP contribution in [0, 0.1) is 10.1 Å². The number of hydrogen-bond acceptors (Lipinski definition) is 5. The molecule has 1 heterocycles. The summed E-state index contributed by atoms with van der Waals surface area (Å²) in [4.78, 5) is 29.3. The zero-order valence-electron chi connectivity index (χ0n) is 16.2. The summed E-state index contributed by atoms with van der Waals surface area (Å²) in [6.07, 6.45) is 0. The molecule has 1 fully saturated rings. The average Bonchev–Trinajstić information content (AvgIpc) is 2.73. The van der Waals surface area contributed by atoms with Crippen molar-refractivity contribution >= 4 is 28.8 Å². The minimum absolute atomic E-state index is 0.0947. The lowest BCUT2D eigenvalue weighted by molar-refractivity contribution is -0.384. The molecule has 0 unspecified atom stereocenters. The number of carbonyl (C=O) groups excluding carboxylic acids is 1. The second-order valence-corrected chi connectivity index (χ2v) is 6.71. The van der Waals surface area contributed by atoms with E-state index in [2.05, 4.69) is 17.1 Å². The van der Waals surface area contributed by atoms with Crippen molar-refractivity contribution in [3.63, 3.8) is 0 Å². The number of anilines is 3. The molecule has 1 aliphatic heterocycles. The SMILES string of the molecule is CCN(C)c1cccc(NC(=O)N2CCN(c3ccccc3[N+](=O)[O-])CC2)c1. The molecule has 1 aliphatic rings. The van der Waals surface area contributed by atoms with Gasteiger partial charge in [-0.3, -0.25) is 10.1 Å². The molecule has 8 heteroatoms. The van der Waals surface area contributed by atoms with Crippen LogP contribution in [0.15, 0.2) is 48.5 Å². The molecule has 2 aromatic carbocycles. The van der Waals surface area contributed by atoms with Crippen LogP contribution in [-0.2, 0) is 0 Å². The first-order valence-corrected chi connectivity index (χ1v) is 9.35. The summed E-state index contributed by atoms with van der Waals surface area (Å²) in [5.41, 5.74) is 2.49. The Bertz CT molecular complexity index is 849. The van der Waals surface area contributed by atoms with Crippen LogP contribution in [0.3, 0.4) is 0 Å². The van der Waals surface area contributed by atoms with Gasteiger partial charge in [0, 0.05) is 57.2 Å². The third-order valence-corrected chi connectivity index (χ3v) is 5.00. The second kappa shape index (κ2) is 8.60. The fourth-order valence-electron chi connectivity index (χ4n) is 3.24. The molecule has 2 amide bonds. The summed E-state index contributed by atoms with van der Waals surface area (Å²) in [5.74, 6) is 0. The maximum atomic E-state index is 12.6. The van der Waals surface area contributed by atoms with Gasteiger partial charge in [0.25, 0.3) is 5.69 Å². The Hall–Kier alpha value is -3.29. The summed E-state index contributed by atoms with van der Waals surface area (Å²) in [6.45, 7) is 5.07. The van der Waals surface area contributed by atoms with Crippen LogP contribution in [0.2, 0.25) is 0 Å². The molecule has 1 N–H and O–H groups in total. The first-order chi connectivity index (χ1) is 13.5. The highest BCUT2D eigenvalue weighted by atomic mass is 16.6. The van der Waals surface area contributed by atoms with Crippen molar-refractivity contribution in [3.8, 4) is 0 Å². The maximum absolute atomic E-state index is 12.6. The summed E-state index contributed by atoms with van der Waals surface area (Å²) in [7, 11) is 2.00. The highest BCUT2D eigenvalue weighted by molar-refractivity contribution is 5.90. The molecule has 8 nitrogen and oxygen atoms in total. The van der Waals surface area contributed by atoms with E-state index in [0.29, 0.717) is 31.9 Å². The Balaban J connectivity index is 1.61. The van der Waals surface area contributed by atoms with Crippen LogP contribution in [0.25, 0.3) is 0 Å². The van der Waals surface area contributed by atoms with Crippen LogP contribution >= 0.6 is 0 Å². The van der Waals surface area contributed by atoms with E-state index >= 15 is 0 Å². The van der Waals surface area contributed by atoms with E-state index in [0.717, 1.165) is 17.9 Å². The lowest BCUT2D eigenvalue weighted by Gasteiger charge is -2.35. The van der Waals surface area contributed by atoms with Gasteiger partial charge in [0.15, 0.2) is 0 Å². The molecule has 0 saturated carbocycles. The highest BCUT2D eigenvalue weighted by Crippen LogP contribution is 2.28. The summed E-state index contributed by atoms with van der Waals surface area (Å²) < 4.78 is 0. The Morgan fingerprint density at radius 2 is 1.86 bits per heavy atom. The molecule has 0 spiro atoms. The highest BCUT2D eigenvalue weighted by Gasteiger charge is 2.25. The van der Waals surface area contributed by atoms with Crippen molar-refractivity contribution in [2.75, 3.05) is 54.9 Å². The summed E-state index contributed by atoms with van der Waals surface area (Å²) >= 11 is 0. The molecule has 0 aliphatic carbocycles. The fraction of sp³-hybridized carbons (Fsp3) is 0.350. The van der Waals surface area contributed by atoms with Gasteiger partial charge < -0.3 is 20.0 Å². The number of nitro benzene ring substituents is 1. The largest absolute Gasteiger partial charge is 0.375 e. The molecule has 28 heavy (non-hydrogen) atoms. The van der Waals surface area contributed by atoms with Crippen molar-refractivity contribution in [1.29, 1.82) is 0 Å². The van der Waals surface area contributed by atoms with Gasteiger partial charge in [-0.25, -0.2) is 4.79 Å². The summed E-state index contributed by atoms with van der Waals surface area (Å²) in [6, 6.07) is 14.3. The molecule has 2 aromatic rings. The van der Waals surface area contributed by atoms with E-state index in [-0.39, 0.29) is 16.6 Å². The van der Waals surface area contributed by atoms with Crippen molar-refractivity contribution in [3.05, 3.63) is 58.6 Å². The van der Waals surface area contributed by atoms with E-state index in [1.807, 2.05) is 36.2 Å². The van der Waals surface area contributed by atoms with E-state index in [1.54, 1.807) is 23.1 Å². The Kier molecular flexibility index (Phi) is 5.98. The Morgan fingerprint density at radius 3 is 2.54 bits per heavy atom. The number of hydrogen-bond donors (Lipinski definition) is 1. The number of rotatable bonds is 5. The average molecular weight is 383 g/mol. The number of nitrogens with zero attached hydrogens (tertiary/aromatic N) is 4. The number of piperazine rings is 1. The number of nitro groups is 1. The minimum atomic E-state index is -0.366. The lowest BCUT2D eigenvalue weighted by Crippen LogP contribution is -2.50. The number of benzene rings is 2. The molecule has 148 valence electrons.